The second-order valence-corrected chi connectivity index (χ2v) is 8.35. The van der Waals surface area contributed by atoms with E-state index in [0.717, 1.165) is 5.56 Å². The Hall–Kier alpha value is -2.64. The Balaban J connectivity index is 1.60. The molecule has 1 aliphatic heterocycles. The Labute approximate surface area is 186 Å². The van der Waals surface area contributed by atoms with Crippen LogP contribution in [-0.2, 0) is 22.6 Å². The zero-order valence-corrected chi connectivity index (χ0v) is 18.3. The summed E-state index contributed by atoms with van der Waals surface area (Å²) in [5.74, 6) is -1.11. The molecule has 1 aliphatic rings. The van der Waals surface area contributed by atoms with Gasteiger partial charge in [0.1, 0.15) is 11.6 Å². The minimum absolute atomic E-state index is 0.0226. The molecule has 0 spiro atoms. The monoisotopic (exact) mass is 448 g/mol. The minimum atomic E-state index is -0.988. The number of amides is 1. The molecule has 8 heteroatoms. The van der Waals surface area contributed by atoms with Crippen molar-refractivity contribution in [2.45, 2.75) is 38.9 Å². The van der Waals surface area contributed by atoms with E-state index in [2.05, 4.69) is 11.8 Å². The molecule has 3 rings (SSSR count). The summed E-state index contributed by atoms with van der Waals surface area (Å²) in [5, 5.41) is 9.47. The van der Waals surface area contributed by atoms with Crippen LogP contribution in [0.1, 0.15) is 25.0 Å². The number of piperazine rings is 1. The minimum Gasteiger partial charge on any atom is -0.483 e. The molecule has 2 aromatic rings. The van der Waals surface area contributed by atoms with Crippen LogP contribution in [0.2, 0.25) is 5.02 Å². The van der Waals surface area contributed by atoms with E-state index in [0.29, 0.717) is 36.0 Å². The number of aliphatic carboxylic acids is 1. The predicted octanol–water partition coefficient (Wildman–Crippen LogP) is 3.61. The fraction of sp³-hybridized carbons (Fsp3) is 0.391. The summed E-state index contributed by atoms with van der Waals surface area (Å²) in [5.41, 5.74) is 1.49. The van der Waals surface area contributed by atoms with Crippen molar-refractivity contribution < 1.29 is 23.8 Å². The van der Waals surface area contributed by atoms with Crippen molar-refractivity contribution in [3.8, 4) is 5.75 Å². The van der Waals surface area contributed by atoms with Crippen LogP contribution in [0.4, 0.5) is 4.39 Å². The van der Waals surface area contributed by atoms with Crippen LogP contribution >= 0.6 is 11.6 Å². The van der Waals surface area contributed by atoms with E-state index < -0.39 is 5.97 Å². The van der Waals surface area contributed by atoms with E-state index in [1.807, 2.05) is 6.92 Å². The average molecular weight is 449 g/mol. The lowest BCUT2D eigenvalue weighted by Gasteiger charge is -2.44. The van der Waals surface area contributed by atoms with Crippen molar-refractivity contribution in [3.05, 3.63) is 64.4 Å². The van der Waals surface area contributed by atoms with Crippen molar-refractivity contribution >= 4 is 23.5 Å². The third kappa shape index (κ3) is 6.18. The summed E-state index contributed by atoms with van der Waals surface area (Å²) in [4.78, 5) is 28.0. The Morgan fingerprint density at radius 2 is 1.84 bits per heavy atom. The maximum Gasteiger partial charge on any atom is 0.307 e. The predicted molar refractivity (Wildman–Crippen MR) is 116 cm³/mol. The zero-order chi connectivity index (χ0) is 22.5. The van der Waals surface area contributed by atoms with Gasteiger partial charge in [0, 0.05) is 42.3 Å². The van der Waals surface area contributed by atoms with Gasteiger partial charge >= 0.3 is 5.97 Å². The quantitative estimate of drug-likeness (QED) is 0.700. The van der Waals surface area contributed by atoms with Crippen LogP contribution in [0.25, 0.3) is 0 Å². The number of halogens is 2. The van der Waals surface area contributed by atoms with Crippen molar-refractivity contribution in [3.63, 3.8) is 0 Å². The second-order valence-electron chi connectivity index (χ2n) is 7.91. The highest BCUT2D eigenvalue weighted by Crippen LogP contribution is 2.25. The zero-order valence-electron chi connectivity index (χ0n) is 17.6. The number of nitrogens with zero attached hydrogens (tertiary/aromatic N) is 2. The van der Waals surface area contributed by atoms with E-state index in [1.54, 1.807) is 29.2 Å². The van der Waals surface area contributed by atoms with Gasteiger partial charge in [0.15, 0.2) is 6.61 Å². The molecule has 0 aliphatic carbocycles. The van der Waals surface area contributed by atoms with Crippen LogP contribution in [0.15, 0.2) is 42.5 Å². The molecule has 31 heavy (non-hydrogen) atoms. The molecule has 1 fully saturated rings. The molecule has 0 radical (unpaired) electrons. The molecule has 1 N–H and O–H groups in total. The van der Waals surface area contributed by atoms with Gasteiger partial charge in [-0.15, -0.1) is 0 Å². The number of hydrogen-bond acceptors (Lipinski definition) is 4. The van der Waals surface area contributed by atoms with Gasteiger partial charge < -0.3 is 14.7 Å². The highest BCUT2D eigenvalue weighted by atomic mass is 35.5. The van der Waals surface area contributed by atoms with Gasteiger partial charge in [-0.25, -0.2) is 4.39 Å². The first kappa shape index (κ1) is 23.0. The summed E-state index contributed by atoms with van der Waals surface area (Å²) < 4.78 is 18.8. The van der Waals surface area contributed by atoms with E-state index in [9.17, 15) is 14.0 Å². The van der Waals surface area contributed by atoms with Crippen LogP contribution in [0.5, 0.6) is 5.75 Å². The van der Waals surface area contributed by atoms with E-state index in [1.165, 1.54) is 18.2 Å². The molecular weight excluding hydrogens is 423 g/mol. The molecule has 6 nitrogen and oxygen atoms in total. The Bertz CT molecular complexity index is 938. The first-order chi connectivity index (χ1) is 14.7. The summed E-state index contributed by atoms with van der Waals surface area (Å²) in [6, 6.07) is 11.3. The first-order valence-electron chi connectivity index (χ1n) is 10.1. The van der Waals surface area contributed by atoms with Crippen molar-refractivity contribution in [2.75, 3.05) is 19.7 Å². The Morgan fingerprint density at radius 1 is 1.13 bits per heavy atom. The van der Waals surface area contributed by atoms with Gasteiger partial charge in [0.05, 0.1) is 6.42 Å². The van der Waals surface area contributed by atoms with Crippen LogP contribution in [0.3, 0.4) is 0 Å². The standard InChI is InChI=1S/C23H26ClFN2O4/c1-15-12-27(16(2)11-26(15)13-17-3-7-20(25)8-4-17)22(28)14-31-21-10-19(24)6-5-18(21)9-23(29)30/h3-8,10,15-16H,9,11-14H2,1-2H3,(H,29,30). The lowest BCUT2D eigenvalue weighted by atomic mass is 10.1. The maximum absolute atomic E-state index is 13.1. The maximum atomic E-state index is 13.1. The Morgan fingerprint density at radius 3 is 2.52 bits per heavy atom. The summed E-state index contributed by atoms with van der Waals surface area (Å²) >= 11 is 6.00. The number of benzene rings is 2. The number of carbonyl (C=O) groups excluding carboxylic acids is 1. The average Bonchev–Trinajstić information content (AvgIpc) is 2.71. The molecule has 2 aromatic carbocycles. The van der Waals surface area contributed by atoms with E-state index in [-0.39, 0.29) is 36.8 Å². The second kappa shape index (κ2) is 10.1. The summed E-state index contributed by atoms with van der Waals surface area (Å²) in [7, 11) is 0. The third-order valence-corrected chi connectivity index (χ3v) is 5.69. The topological polar surface area (TPSA) is 70.1 Å². The summed E-state index contributed by atoms with van der Waals surface area (Å²) in [6.07, 6.45) is -0.212. The normalized spacial score (nSPS) is 19.3. The number of rotatable bonds is 7. The van der Waals surface area contributed by atoms with Gasteiger partial charge in [-0.2, -0.15) is 0 Å². The molecule has 0 aromatic heterocycles. The van der Waals surface area contributed by atoms with E-state index in [4.69, 9.17) is 21.4 Å². The van der Waals surface area contributed by atoms with Crippen molar-refractivity contribution in [2.24, 2.45) is 0 Å². The fourth-order valence-electron chi connectivity index (χ4n) is 3.78. The smallest absolute Gasteiger partial charge is 0.307 e. The molecule has 1 heterocycles. The lowest BCUT2D eigenvalue weighted by Crippen LogP contribution is -2.58. The SMILES string of the molecule is CC1CN(C(=O)COc2cc(Cl)ccc2CC(=O)O)C(C)CN1Cc1ccc(F)cc1. The molecule has 166 valence electrons. The highest BCUT2D eigenvalue weighted by Gasteiger charge is 2.32. The molecule has 2 atom stereocenters. The number of hydrogen-bond donors (Lipinski definition) is 1. The molecule has 1 amide bonds. The largest absolute Gasteiger partial charge is 0.483 e. The molecular formula is C23H26ClFN2O4. The number of carbonyl (C=O) groups is 2. The molecule has 0 bridgehead atoms. The molecule has 0 saturated carbocycles. The third-order valence-electron chi connectivity index (χ3n) is 5.46. The fourth-order valence-corrected chi connectivity index (χ4v) is 3.95. The van der Waals surface area contributed by atoms with Gasteiger partial charge in [0.25, 0.3) is 5.91 Å². The van der Waals surface area contributed by atoms with Crippen molar-refractivity contribution in [1.82, 2.24) is 9.80 Å². The summed E-state index contributed by atoms with van der Waals surface area (Å²) in [6.45, 7) is 5.76. The van der Waals surface area contributed by atoms with Crippen molar-refractivity contribution in [1.29, 1.82) is 0 Å². The van der Waals surface area contributed by atoms with Gasteiger partial charge in [-0.05, 0) is 43.7 Å². The Kier molecular flexibility index (Phi) is 7.51. The molecule has 2 unspecified atom stereocenters. The number of carboxylic acids is 1. The lowest BCUT2D eigenvalue weighted by molar-refractivity contribution is -0.139. The van der Waals surface area contributed by atoms with E-state index >= 15 is 0 Å². The van der Waals surface area contributed by atoms with Crippen LogP contribution in [0, 0.1) is 5.82 Å². The number of ether oxygens (including phenoxy) is 1. The first-order valence-corrected chi connectivity index (χ1v) is 10.5. The number of carboxylic acid groups (broad SMARTS) is 1. The van der Waals surface area contributed by atoms with Gasteiger partial charge in [-0.3, -0.25) is 14.5 Å². The van der Waals surface area contributed by atoms with Crippen LogP contribution < -0.4 is 4.74 Å². The molecule has 1 saturated heterocycles. The highest BCUT2D eigenvalue weighted by molar-refractivity contribution is 6.30. The van der Waals surface area contributed by atoms with Gasteiger partial charge in [0.2, 0.25) is 0 Å². The van der Waals surface area contributed by atoms with Gasteiger partial charge in [-0.1, -0.05) is 29.8 Å². The van der Waals surface area contributed by atoms with Crippen LogP contribution in [-0.4, -0.2) is 58.6 Å².